The number of phenols is 1. The Balaban J connectivity index is 2.36. The molecule has 0 radical (unpaired) electrons. The molecule has 29 heavy (non-hydrogen) atoms. The molecule has 0 amide bonds. The van der Waals surface area contributed by atoms with Crippen LogP contribution in [0.2, 0.25) is 0 Å². The van der Waals surface area contributed by atoms with Crippen molar-refractivity contribution < 1.29 is 14.6 Å². The number of aromatic hydroxyl groups is 1. The second-order valence-electron chi connectivity index (χ2n) is 7.49. The molecule has 0 saturated carbocycles. The quantitative estimate of drug-likeness (QED) is 0.586. The van der Waals surface area contributed by atoms with Gasteiger partial charge in [0.2, 0.25) is 0 Å². The van der Waals surface area contributed by atoms with Crippen molar-refractivity contribution in [1.29, 1.82) is 0 Å². The van der Waals surface area contributed by atoms with Gasteiger partial charge in [0.05, 0.1) is 11.3 Å². The van der Waals surface area contributed by atoms with Gasteiger partial charge in [0.1, 0.15) is 29.5 Å². The molecule has 1 atom stereocenters. The van der Waals surface area contributed by atoms with Crippen LogP contribution < -0.4 is 4.74 Å². The molecule has 2 aromatic rings. The maximum absolute atomic E-state index is 11.3. The smallest absolute Gasteiger partial charge is 0.157 e. The van der Waals surface area contributed by atoms with E-state index in [1.165, 1.54) is 6.07 Å². The van der Waals surface area contributed by atoms with Gasteiger partial charge in [-0.05, 0) is 38.3 Å². The van der Waals surface area contributed by atoms with Crippen LogP contribution in [0.15, 0.2) is 36.7 Å². The molecule has 1 aromatic carbocycles. The lowest BCUT2D eigenvalue weighted by Gasteiger charge is -2.28. The van der Waals surface area contributed by atoms with E-state index < -0.39 is 0 Å². The Hall–Kier alpha value is -2.89. The summed E-state index contributed by atoms with van der Waals surface area (Å²) in [7, 11) is 2.05. The van der Waals surface area contributed by atoms with E-state index in [0.29, 0.717) is 29.7 Å². The first-order valence-electron chi connectivity index (χ1n) is 10.0. The molecule has 6 heteroatoms. The highest BCUT2D eigenvalue weighted by Crippen LogP contribution is 2.28. The van der Waals surface area contributed by atoms with Crippen LogP contribution in [-0.4, -0.2) is 39.4 Å². The van der Waals surface area contributed by atoms with Crippen molar-refractivity contribution in [1.82, 2.24) is 14.9 Å². The minimum absolute atomic E-state index is 0.106. The van der Waals surface area contributed by atoms with Crippen molar-refractivity contribution in [2.75, 3.05) is 7.05 Å². The number of ether oxygens (including phenoxy) is 1. The molecule has 0 aliphatic carbocycles. The van der Waals surface area contributed by atoms with Crippen molar-refractivity contribution in [2.45, 2.75) is 53.2 Å². The Morgan fingerprint density at radius 1 is 1.24 bits per heavy atom. The van der Waals surface area contributed by atoms with Crippen molar-refractivity contribution in [2.24, 2.45) is 5.92 Å². The van der Waals surface area contributed by atoms with Crippen LogP contribution in [0.4, 0.5) is 0 Å². The van der Waals surface area contributed by atoms with Crippen molar-refractivity contribution in [3.8, 4) is 11.5 Å². The predicted molar refractivity (Wildman–Crippen MR) is 115 cm³/mol. The maximum Gasteiger partial charge on any atom is 0.157 e. The monoisotopic (exact) mass is 397 g/mol. The molecule has 1 heterocycles. The molecule has 0 aliphatic heterocycles. The molecule has 0 saturated heterocycles. The van der Waals surface area contributed by atoms with Gasteiger partial charge in [-0.15, -0.1) is 0 Å². The van der Waals surface area contributed by atoms with E-state index in [1.807, 2.05) is 7.05 Å². The van der Waals surface area contributed by atoms with Crippen LogP contribution in [0.1, 0.15) is 62.3 Å². The Bertz CT molecular complexity index is 849. The van der Waals surface area contributed by atoms with Gasteiger partial charge in [-0.1, -0.05) is 32.4 Å². The number of benzene rings is 1. The second-order valence-corrected chi connectivity index (χ2v) is 7.49. The fraction of sp³-hybridized carbons (Fsp3) is 0.435. The number of phenolic OH excluding ortho intramolecular Hbond substituents is 1. The Morgan fingerprint density at radius 3 is 2.62 bits per heavy atom. The number of hydrogen-bond acceptors (Lipinski definition) is 6. The molecule has 0 fully saturated rings. The molecule has 0 unspecified atom stereocenters. The first kappa shape index (κ1) is 22.4. The summed E-state index contributed by atoms with van der Waals surface area (Å²) in [5, 5.41) is 9.86. The molecule has 0 aliphatic rings. The standard InChI is InChI=1S/C23H31N3O3/c1-6-17(4)10-11-20(26(5)16(2)3)23-19(24-12-13-25-23)15-29-22-9-7-8-21(28)18(22)14-27/h7-9,11-14,16-17,28H,6,10,15H2,1-5H3/b20-11-/t17-/m1/s1. The third-order valence-electron chi connectivity index (χ3n) is 5.11. The molecule has 156 valence electrons. The summed E-state index contributed by atoms with van der Waals surface area (Å²) in [5.41, 5.74) is 2.58. The zero-order valence-electron chi connectivity index (χ0n) is 17.9. The Morgan fingerprint density at radius 2 is 1.97 bits per heavy atom. The predicted octanol–water partition coefficient (Wildman–Crippen LogP) is 4.69. The third-order valence-corrected chi connectivity index (χ3v) is 5.11. The lowest BCUT2D eigenvalue weighted by Crippen LogP contribution is -2.26. The summed E-state index contributed by atoms with van der Waals surface area (Å²) >= 11 is 0. The SMILES string of the molecule is CC[C@@H](C)C/C=C(/c1nccnc1COc1cccc(O)c1C=O)N(C)C(C)C. The second kappa shape index (κ2) is 10.6. The molecule has 0 spiro atoms. The molecular formula is C23H31N3O3. The van der Waals surface area contributed by atoms with Crippen molar-refractivity contribution >= 4 is 12.0 Å². The molecule has 0 bridgehead atoms. The molecule has 1 aromatic heterocycles. The van der Waals surface area contributed by atoms with Crippen LogP contribution in [0.25, 0.3) is 5.70 Å². The highest BCUT2D eigenvalue weighted by Gasteiger charge is 2.18. The van der Waals surface area contributed by atoms with Crippen LogP contribution in [0, 0.1) is 5.92 Å². The zero-order valence-corrected chi connectivity index (χ0v) is 17.9. The minimum atomic E-state index is -0.106. The highest BCUT2D eigenvalue weighted by atomic mass is 16.5. The summed E-state index contributed by atoms with van der Waals surface area (Å²) in [6.07, 6.45) is 8.17. The van der Waals surface area contributed by atoms with Crippen LogP contribution in [0.3, 0.4) is 0 Å². The van der Waals surface area contributed by atoms with Crippen molar-refractivity contribution in [3.05, 3.63) is 53.6 Å². The Labute approximate surface area is 173 Å². The van der Waals surface area contributed by atoms with Gasteiger partial charge < -0.3 is 14.7 Å². The normalized spacial score (nSPS) is 12.7. The van der Waals surface area contributed by atoms with E-state index in [0.717, 1.165) is 24.2 Å². The van der Waals surface area contributed by atoms with E-state index in [1.54, 1.807) is 24.5 Å². The largest absolute Gasteiger partial charge is 0.507 e. The minimum Gasteiger partial charge on any atom is -0.507 e. The van der Waals surface area contributed by atoms with Gasteiger partial charge in [-0.2, -0.15) is 0 Å². The van der Waals surface area contributed by atoms with Gasteiger partial charge in [-0.3, -0.25) is 14.8 Å². The van der Waals surface area contributed by atoms with Crippen LogP contribution >= 0.6 is 0 Å². The number of aldehydes is 1. The summed E-state index contributed by atoms with van der Waals surface area (Å²) < 4.78 is 5.83. The summed E-state index contributed by atoms with van der Waals surface area (Å²) in [6.45, 7) is 8.82. The number of carbonyl (C=O) groups excluding carboxylic acids is 1. The number of allylic oxidation sites excluding steroid dienone is 1. The number of nitrogens with zero attached hydrogens (tertiary/aromatic N) is 3. The van der Waals surface area contributed by atoms with Gasteiger partial charge in [0, 0.05) is 25.5 Å². The lowest BCUT2D eigenvalue weighted by molar-refractivity contribution is 0.111. The van der Waals surface area contributed by atoms with E-state index >= 15 is 0 Å². The zero-order chi connectivity index (χ0) is 21.4. The highest BCUT2D eigenvalue weighted by molar-refractivity contribution is 5.83. The summed E-state index contributed by atoms with van der Waals surface area (Å²) in [5.74, 6) is 0.786. The fourth-order valence-corrected chi connectivity index (χ4v) is 2.77. The number of aromatic nitrogens is 2. The molecule has 2 rings (SSSR count). The van der Waals surface area contributed by atoms with E-state index in [-0.39, 0.29) is 17.9 Å². The van der Waals surface area contributed by atoms with Crippen LogP contribution in [-0.2, 0) is 6.61 Å². The lowest BCUT2D eigenvalue weighted by atomic mass is 10.0. The fourth-order valence-electron chi connectivity index (χ4n) is 2.77. The van der Waals surface area contributed by atoms with E-state index in [4.69, 9.17) is 4.74 Å². The van der Waals surface area contributed by atoms with E-state index in [2.05, 4.69) is 48.6 Å². The number of rotatable bonds is 10. The summed E-state index contributed by atoms with van der Waals surface area (Å²) in [6, 6.07) is 5.04. The van der Waals surface area contributed by atoms with Gasteiger partial charge >= 0.3 is 0 Å². The summed E-state index contributed by atoms with van der Waals surface area (Å²) in [4.78, 5) is 22.5. The molecule has 6 nitrogen and oxygen atoms in total. The molecular weight excluding hydrogens is 366 g/mol. The van der Waals surface area contributed by atoms with Gasteiger partial charge in [-0.25, -0.2) is 0 Å². The topological polar surface area (TPSA) is 75.5 Å². The first-order valence-corrected chi connectivity index (χ1v) is 10.0. The first-order chi connectivity index (χ1) is 13.9. The average Bonchev–Trinajstić information content (AvgIpc) is 2.72. The van der Waals surface area contributed by atoms with Crippen LogP contribution in [0.5, 0.6) is 11.5 Å². The maximum atomic E-state index is 11.3. The number of carbonyl (C=O) groups is 1. The van der Waals surface area contributed by atoms with E-state index in [9.17, 15) is 9.90 Å². The average molecular weight is 398 g/mol. The van der Waals surface area contributed by atoms with Crippen molar-refractivity contribution in [3.63, 3.8) is 0 Å². The Kier molecular flexibility index (Phi) is 8.19. The number of hydrogen-bond donors (Lipinski definition) is 1. The molecule has 1 N–H and O–H groups in total. The van der Waals surface area contributed by atoms with Gasteiger partial charge in [0.25, 0.3) is 0 Å². The third kappa shape index (κ3) is 5.79. The van der Waals surface area contributed by atoms with Gasteiger partial charge in [0.15, 0.2) is 6.29 Å².